The molecule has 5 heteroatoms. The van der Waals surface area contributed by atoms with Crippen LogP contribution in [-0.2, 0) is 11.4 Å². The topological polar surface area (TPSA) is 62.1 Å². The standard InChI is InChI=1S/C24H25BrN2O2/c1-17-4-2-3-5-23(17)27-24(28)20(15-26)14-18-8-12-22(13-9-18)29-16-19-6-10-21(25)11-7-19/h6-14,17,23H,2-5,16H2,1H3,(H,27,28)/b20-14+/t17-,23+/m1/s1. The Labute approximate surface area is 180 Å². The lowest BCUT2D eigenvalue weighted by molar-refractivity contribution is -0.118. The minimum Gasteiger partial charge on any atom is -0.489 e. The molecule has 0 saturated heterocycles. The Morgan fingerprint density at radius 3 is 2.52 bits per heavy atom. The molecule has 3 rings (SSSR count). The van der Waals surface area contributed by atoms with Gasteiger partial charge in [-0.3, -0.25) is 4.79 Å². The summed E-state index contributed by atoms with van der Waals surface area (Å²) in [7, 11) is 0. The largest absolute Gasteiger partial charge is 0.489 e. The maximum Gasteiger partial charge on any atom is 0.262 e. The molecule has 1 aliphatic rings. The van der Waals surface area contributed by atoms with E-state index in [0.717, 1.165) is 40.6 Å². The molecule has 2 aromatic carbocycles. The predicted octanol–water partition coefficient (Wildman–Crippen LogP) is 5.63. The number of nitrogens with one attached hydrogen (secondary N) is 1. The number of carbonyl (C=O) groups excluding carboxylic acids is 1. The smallest absolute Gasteiger partial charge is 0.262 e. The lowest BCUT2D eigenvalue weighted by atomic mass is 9.86. The molecule has 2 atom stereocenters. The van der Waals surface area contributed by atoms with Gasteiger partial charge >= 0.3 is 0 Å². The first-order chi connectivity index (χ1) is 14.0. The van der Waals surface area contributed by atoms with Gasteiger partial charge in [-0.05, 0) is 60.2 Å². The van der Waals surface area contributed by atoms with Crippen LogP contribution in [0.2, 0.25) is 0 Å². The molecule has 1 N–H and O–H groups in total. The van der Waals surface area contributed by atoms with Gasteiger partial charge in [0.25, 0.3) is 5.91 Å². The summed E-state index contributed by atoms with van der Waals surface area (Å²) < 4.78 is 6.83. The van der Waals surface area contributed by atoms with Crippen LogP contribution in [0.15, 0.2) is 58.6 Å². The van der Waals surface area contributed by atoms with Gasteiger partial charge in [0.05, 0.1) is 0 Å². The number of halogens is 1. The molecule has 0 radical (unpaired) electrons. The fourth-order valence-electron chi connectivity index (χ4n) is 3.50. The summed E-state index contributed by atoms with van der Waals surface area (Å²) in [6.07, 6.45) is 6.07. The second kappa shape index (κ2) is 10.3. The van der Waals surface area contributed by atoms with Crippen molar-refractivity contribution < 1.29 is 9.53 Å². The zero-order valence-electron chi connectivity index (χ0n) is 16.5. The van der Waals surface area contributed by atoms with Gasteiger partial charge < -0.3 is 10.1 Å². The third kappa shape index (κ3) is 6.20. The minimum absolute atomic E-state index is 0.131. The van der Waals surface area contributed by atoms with Crippen molar-refractivity contribution in [3.8, 4) is 11.8 Å². The molecule has 1 amide bonds. The monoisotopic (exact) mass is 452 g/mol. The second-order valence-electron chi connectivity index (χ2n) is 7.50. The molecule has 2 aromatic rings. The third-order valence-corrected chi connectivity index (χ3v) is 5.83. The van der Waals surface area contributed by atoms with E-state index in [1.807, 2.05) is 54.6 Å². The zero-order valence-corrected chi connectivity index (χ0v) is 18.1. The van der Waals surface area contributed by atoms with Gasteiger partial charge in [-0.2, -0.15) is 5.26 Å². The number of carbonyl (C=O) groups is 1. The first-order valence-electron chi connectivity index (χ1n) is 9.95. The van der Waals surface area contributed by atoms with E-state index in [0.29, 0.717) is 12.5 Å². The molecular weight excluding hydrogens is 428 g/mol. The van der Waals surface area contributed by atoms with Crippen LogP contribution in [0.1, 0.15) is 43.7 Å². The number of hydrogen-bond donors (Lipinski definition) is 1. The first-order valence-corrected chi connectivity index (χ1v) is 10.7. The Balaban J connectivity index is 1.59. The van der Waals surface area contributed by atoms with Crippen molar-refractivity contribution in [2.45, 2.75) is 45.3 Å². The molecule has 0 unspecified atom stereocenters. The maximum absolute atomic E-state index is 12.5. The minimum atomic E-state index is -0.290. The number of nitrogens with zero attached hydrogens (tertiary/aromatic N) is 1. The number of nitriles is 1. The quantitative estimate of drug-likeness (QED) is 0.456. The van der Waals surface area contributed by atoms with Crippen molar-refractivity contribution in [3.63, 3.8) is 0 Å². The van der Waals surface area contributed by atoms with Gasteiger partial charge in [-0.15, -0.1) is 0 Å². The fourth-order valence-corrected chi connectivity index (χ4v) is 3.76. The Morgan fingerprint density at radius 2 is 1.86 bits per heavy atom. The molecule has 29 heavy (non-hydrogen) atoms. The number of amides is 1. The van der Waals surface area contributed by atoms with Crippen LogP contribution in [-0.4, -0.2) is 11.9 Å². The molecule has 0 aliphatic heterocycles. The van der Waals surface area contributed by atoms with Crippen molar-refractivity contribution in [1.82, 2.24) is 5.32 Å². The molecule has 1 saturated carbocycles. The maximum atomic E-state index is 12.5. The summed E-state index contributed by atoms with van der Waals surface area (Å²) in [5.41, 5.74) is 2.01. The third-order valence-electron chi connectivity index (χ3n) is 5.30. The Kier molecular flexibility index (Phi) is 7.48. The van der Waals surface area contributed by atoms with Crippen LogP contribution in [0.5, 0.6) is 5.75 Å². The number of hydrogen-bond acceptors (Lipinski definition) is 3. The van der Waals surface area contributed by atoms with E-state index in [1.54, 1.807) is 6.08 Å². The van der Waals surface area contributed by atoms with Crippen molar-refractivity contribution in [2.24, 2.45) is 5.92 Å². The van der Waals surface area contributed by atoms with Gasteiger partial charge in [0.1, 0.15) is 24.0 Å². The van der Waals surface area contributed by atoms with Crippen molar-refractivity contribution in [1.29, 1.82) is 5.26 Å². The first kappa shape index (κ1) is 21.1. The molecule has 0 aromatic heterocycles. The van der Waals surface area contributed by atoms with Gasteiger partial charge in [-0.25, -0.2) is 0 Å². The highest BCUT2D eigenvalue weighted by Crippen LogP contribution is 2.24. The molecule has 0 heterocycles. The zero-order chi connectivity index (χ0) is 20.6. The summed E-state index contributed by atoms with van der Waals surface area (Å²) in [6, 6.07) is 17.6. The second-order valence-corrected chi connectivity index (χ2v) is 8.41. The Morgan fingerprint density at radius 1 is 1.17 bits per heavy atom. The number of rotatable bonds is 6. The molecular formula is C24H25BrN2O2. The Bertz CT molecular complexity index is 898. The average Bonchev–Trinajstić information content (AvgIpc) is 2.74. The Hall–Kier alpha value is -2.58. The van der Waals surface area contributed by atoms with E-state index in [-0.39, 0.29) is 17.5 Å². The predicted molar refractivity (Wildman–Crippen MR) is 118 cm³/mol. The van der Waals surface area contributed by atoms with E-state index in [9.17, 15) is 10.1 Å². The lowest BCUT2D eigenvalue weighted by Gasteiger charge is -2.29. The molecule has 1 fully saturated rings. The highest BCUT2D eigenvalue weighted by atomic mass is 79.9. The van der Waals surface area contributed by atoms with Gasteiger partial charge in [0.15, 0.2) is 0 Å². The van der Waals surface area contributed by atoms with Crippen LogP contribution >= 0.6 is 15.9 Å². The van der Waals surface area contributed by atoms with Crippen LogP contribution in [0.25, 0.3) is 6.08 Å². The number of benzene rings is 2. The molecule has 4 nitrogen and oxygen atoms in total. The molecule has 0 bridgehead atoms. The molecule has 0 spiro atoms. The SMILES string of the molecule is C[C@@H]1CCCC[C@@H]1NC(=O)/C(C#N)=C/c1ccc(OCc2ccc(Br)cc2)cc1. The van der Waals surface area contributed by atoms with E-state index in [2.05, 4.69) is 28.2 Å². The lowest BCUT2D eigenvalue weighted by Crippen LogP contribution is -2.41. The van der Waals surface area contributed by atoms with Gasteiger partial charge in [-0.1, -0.05) is 60.0 Å². The van der Waals surface area contributed by atoms with E-state index in [4.69, 9.17) is 4.74 Å². The van der Waals surface area contributed by atoms with E-state index < -0.39 is 0 Å². The van der Waals surface area contributed by atoms with Crippen molar-refractivity contribution in [2.75, 3.05) is 0 Å². The fraction of sp³-hybridized carbons (Fsp3) is 0.333. The van der Waals surface area contributed by atoms with E-state index in [1.165, 1.54) is 6.42 Å². The highest BCUT2D eigenvalue weighted by molar-refractivity contribution is 9.10. The summed E-state index contributed by atoms with van der Waals surface area (Å²) in [6.45, 7) is 2.64. The van der Waals surface area contributed by atoms with Crippen molar-refractivity contribution in [3.05, 3.63) is 69.7 Å². The molecule has 150 valence electrons. The summed E-state index contributed by atoms with van der Waals surface area (Å²) in [5.74, 6) is 0.903. The highest BCUT2D eigenvalue weighted by Gasteiger charge is 2.24. The average molecular weight is 453 g/mol. The normalized spacial score (nSPS) is 19.3. The van der Waals surface area contributed by atoms with Crippen LogP contribution < -0.4 is 10.1 Å². The molecule has 1 aliphatic carbocycles. The number of ether oxygens (including phenoxy) is 1. The van der Waals surface area contributed by atoms with Crippen LogP contribution in [0.4, 0.5) is 0 Å². The van der Waals surface area contributed by atoms with E-state index >= 15 is 0 Å². The van der Waals surface area contributed by atoms with Crippen LogP contribution in [0, 0.1) is 17.2 Å². The van der Waals surface area contributed by atoms with Crippen molar-refractivity contribution >= 4 is 27.9 Å². The summed E-state index contributed by atoms with van der Waals surface area (Å²) >= 11 is 3.42. The summed E-state index contributed by atoms with van der Waals surface area (Å²) in [4.78, 5) is 12.5. The van der Waals surface area contributed by atoms with Crippen LogP contribution in [0.3, 0.4) is 0 Å². The van der Waals surface area contributed by atoms with Gasteiger partial charge in [0, 0.05) is 10.5 Å². The summed E-state index contributed by atoms with van der Waals surface area (Å²) in [5, 5.41) is 12.5. The van der Waals surface area contributed by atoms with Gasteiger partial charge in [0.2, 0.25) is 0 Å².